The van der Waals surface area contributed by atoms with Gasteiger partial charge in [0.2, 0.25) is 6.29 Å². The highest BCUT2D eigenvalue weighted by Gasteiger charge is 2.22. The molecule has 2 heterocycles. The highest BCUT2D eigenvalue weighted by Crippen LogP contribution is 2.43. The molecule has 2 aromatic rings. The summed E-state index contributed by atoms with van der Waals surface area (Å²) >= 11 is 7.96. The van der Waals surface area contributed by atoms with E-state index < -0.39 is 6.29 Å². The second kappa shape index (κ2) is 7.49. The second-order valence-corrected chi connectivity index (χ2v) is 6.03. The van der Waals surface area contributed by atoms with Gasteiger partial charge in [-0.1, -0.05) is 11.6 Å². The van der Waals surface area contributed by atoms with Gasteiger partial charge in [-0.2, -0.15) is 0 Å². The van der Waals surface area contributed by atoms with E-state index in [2.05, 4.69) is 4.98 Å². The van der Waals surface area contributed by atoms with Crippen molar-refractivity contribution < 1.29 is 18.9 Å². The van der Waals surface area contributed by atoms with E-state index in [4.69, 9.17) is 30.5 Å². The molecule has 0 fully saturated rings. The van der Waals surface area contributed by atoms with Crippen LogP contribution in [0.1, 0.15) is 25.1 Å². The maximum Gasteiger partial charge on any atom is 0.210 e. The Kier molecular flexibility index (Phi) is 5.38. The van der Waals surface area contributed by atoms with Crippen LogP contribution >= 0.6 is 22.9 Å². The van der Waals surface area contributed by atoms with Crippen LogP contribution < -0.4 is 9.47 Å². The fraction of sp³-hybridized carbons (Fsp3) is 0.438. The van der Waals surface area contributed by atoms with Gasteiger partial charge in [0, 0.05) is 24.2 Å². The van der Waals surface area contributed by atoms with Crippen molar-refractivity contribution in [2.24, 2.45) is 0 Å². The van der Waals surface area contributed by atoms with Crippen LogP contribution in [0.15, 0.2) is 17.5 Å². The second-order valence-electron chi connectivity index (χ2n) is 4.76. The zero-order valence-corrected chi connectivity index (χ0v) is 14.6. The molecule has 0 aliphatic carbocycles. The van der Waals surface area contributed by atoms with Crippen LogP contribution in [0.3, 0.4) is 0 Å². The maximum atomic E-state index is 6.47. The van der Waals surface area contributed by atoms with E-state index >= 15 is 0 Å². The number of nitrogens with zero attached hydrogens (tertiary/aromatic N) is 1. The van der Waals surface area contributed by atoms with Gasteiger partial charge in [-0.15, -0.1) is 11.3 Å². The van der Waals surface area contributed by atoms with Gasteiger partial charge in [0.25, 0.3) is 0 Å². The number of hydrogen-bond donors (Lipinski definition) is 0. The number of fused-ring (bicyclic) bond motifs is 1. The molecule has 0 N–H and O–H groups in total. The summed E-state index contributed by atoms with van der Waals surface area (Å²) in [4.78, 5) is 4.62. The molecule has 1 aromatic carbocycles. The SMILES string of the molecule is CCOC(OCC)c1nc(-c2ccc3c(c2Cl)OCCO3)cs1. The number of halogens is 1. The largest absolute Gasteiger partial charge is 0.486 e. The number of ether oxygens (including phenoxy) is 4. The monoisotopic (exact) mass is 355 g/mol. The number of aromatic nitrogens is 1. The van der Waals surface area contributed by atoms with E-state index in [1.165, 1.54) is 11.3 Å². The van der Waals surface area contributed by atoms with Crippen molar-refractivity contribution in [1.29, 1.82) is 0 Å². The predicted octanol–water partition coefficient (Wildman–Crippen LogP) is 4.31. The van der Waals surface area contributed by atoms with E-state index in [1.807, 2.05) is 31.4 Å². The van der Waals surface area contributed by atoms with E-state index in [0.29, 0.717) is 42.9 Å². The lowest BCUT2D eigenvalue weighted by molar-refractivity contribution is -0.140. The van der Waals surface area contributed by atoms with Crippen LogP contribution in [0.2, 0.25) is 5.02 Å². The maximum absolute atomic E-state index is 6.47. The van der Waals surface area contributed by atoms with Crippen LogP contribution in [-0.2, 0) is 9.47 Å². The van der Waals surface area contributed by atoms with Crippen LogP contribution in [0.4, 0.5) is 0 Å². The Morgan fingerprint density at radius 2 is 1.96 bits per heavy atom. The van der Waals surface area contributed by atoms with Gasteiger partial charge in [-0.25, -0.2) is 4.98 Å². The Hall–Kier alpha value is -1.34. The molecule has 0 radical (unpaired) electrons. The van der Waals surface area contributed by atoms with Crippen LogP contribution in [0.5, 0.6) is 11.5 Å². The van der Waals surface area contributed by atoms with E-state index in [0.717, 1.165) is 16.3 Å². The van der Waals surface area contributed by atoms with Gasteiger partial charge in [-0.3, -0.25) is 0 Å². The molecule has 124 valence electrons. The first-order valence-electron chi connectivity index (χ1n) is 7.51. The van der Waals surface area contributed by atoms with Gasteiger partial charge in [0.1, 0.15) is 18.2 Å². The normalized spacial score (nSPS) is 13.6. The Balaban J connectivity index is 1.91. The minimum atomic E-state index is -0.445. The van der Waals surface area contributed by atoms with Gasteiger partial charge in [0.05, 0.1) is 10.7 Å². The molecule has 3 rings (SSSR count). The molecule has 0 amide bonds. The molecular formula is C16H18ClNO4S. The van der Waals surface area contributed by atoms with Gasteiger partial charge in [0.15, 0.2) is 11.5 Å². The first-order chi connectivity index (χ1) is 11.2. The molecule has 7 heteroatoms. The fourth-order valence-electron chi connectivity index (χ4n) is 2.29. The van der Waals surface area contributed by atoms with Gasteiger partial charge in [-0.05, 0) is 26.0 Å². The first-order valence-corrected chi connectivity index (χ1v) is 8.77. The highest BCUT2D eigenvalue weighted by atomic mass is 35.5. The Morgan fingerprint density at radius 3 is 2.70 bits per heavy atom. The number of rotatable bonds is 6. The van der Waals surface area contributed by atoms with Crippen molar-refractivity contribution >= 4 is 22.9 Å². The molecular weight excluding hydrogens is 338 g/mol. The quantitative estimate of drug-likeness (QED) is 0.723. The molecule has 23 heavy (non-hydrogen) atoms. The number of thiazole rings is 1. The number of benzene rings is 1. The molecule has 1 aliphatic rings. The lowest BCUT2D eigenvalue weighted by Crippen LogP contribution is -2.15. The van der Waals surface area contributed by atoms with Crippen molar-refractivity contribution in [1.82, 2.24) is 4.98 Å². The molecule has 1 aromatic heterocycles. The van der Waals surface area contributed by atoms with Crippen LogP contribution in [-0.4, -0.2) is 31.4 Å². The topological polar surface area (TPSA) is 49.8 Å². The molecule has 5 nitrogen and oxygen atoms in total. The summed E-state index contributed by atoms with van der Waals surface area (Å²) in [5.41, 5.74) is 1.58. The number of hydrogen-bond acceptors (Lipinski definition) is 6. The summed E-state index contributed by atoms with van der Waals surface area (Å²) in [6, 6.07) is 3.75. The van der Waals surface area contributed by atoms with Crippen molar-refractivity contribution in [2.45, 2.75) is 20.1 Å². The summed E-state index contributed by atoms with van der Waals surface area (Å²) in [6.07, 6.45) is -0.445. The summed E-state index contributed by atoms with van der Waals surface area (Å²) < 4.78 is 22.3. The standard InChI is InChI=1S/C16H18ClNO4S/c1-3-19-16(20-4-2)15-18-11(9-23-15)10-5-6-12-14(13(10)17)22-8-7-21-12/h5-6,9,16H,3-4,7-8H2,1-2H3. The Labute approximate surface area is 144 Å². The lowest BCUT2D eigenvalue weighted by atomic mass is 10.1. The summed E-state index contributed by atoms with van der Waals surface area (Å²) in [7, 11) is 0. The molecule has 0 saturated carbocycles. The molecule has 0 atom stereocenters. The zero-order valence-electron chi connectivity index (χ0n) is 13.0. The third-order valence-corrected chi connectivity index (χ3v) is 4.53. The molecule has 1 aliphatic heterocycles. The minimum Gasteiger partial charge on any atom is -0.486 e. The van der Waals surface area contributed by atoms with Crippen LogP contribution in [0.25, 0.3) is 11.3 Å². The minimum absolute atomic E-state index is 0.445. The lowest BCUT2D eigenvalue weighted by Gasteiger charge is -2.20. The highest BCUT2D eigenvalue weighted by molar-refractivity contribution is 7.10. The van der Waals surface area contributed by atoms with E-state index in [1.54, 1.807) is 0 Å². The summed E-state index contributed by atoms with van der Waals surface area (Å²) in [6.45, 7) is 6.01. The average Bonchev–Trinajstić information content (AvgIpc) is 3.05. The third-order valence-electron chi connectivity index (χ3n) is 3.28. The van der Waals surface area contributed by atoms with Gasteiger partial charge < -0.3 is 18.9 Å². The van der Waals surface area contributed by atoms with Crippen molar-refractivity contribution in [3.05, 3.63) is 27.5 Å². The molecule has 0 saturated heterocycles. The smallest absolute Gasteiger partial charge is 0.210 e. The van der Waals surface area contributed by atoms with E-state index in [9.17, 15) is 0 Å². The summed E-state index contributed by atoms with van der Waals surface area (Å²) in [5.74, 6) is 1.25. The Morgan fingerprint density at radius 1 is 1.22 bits per heavy atom. The first kappa shape index (κ1) is 16.5. The Bertz CT molecular complexity index is 670. The van der Waals surface area contributed by atoms with Crippen molar-refractivity contribution in [2.75, 3.05) is 26.4 Å². The van der Waals surface area contributed by atoms with Crippen molar-refractivity contribution in [3.63, 3.8) is 0 Å². The van der Waals surface area contributed by atoms with E-state index in [-0.39, 0.29) is 0 Å². The van der Waals surface area contributed by atoms with Crippen LogP contribution in [0, 0.1) is 0 Å². The van der Waals surface area contributed by atoms with Gasteiger partial charge >= 0.3 is 0 Å². The zero-order chi connectivity index (χ0) is 16.2. The van der Waals surface area contributed by atoms with Crippen molar-refractivity contribution in [3.8, 4) is 22.8 Å². The average molecular weight is 356 g/mol. The molecule has 0 spiro atoms. The third kappa shape index (κ3) is 3.45. The molecule has 0 unspecified atom stereocenters. The molecule has 0 bridgehead atoms. The fourth-order valence-corrected chi connectivity index (χ4v) is 3.41. The summed E-state index contributed by atoms with van der Waals surface area (Å²) in [5, 5.41) is 3.23. The predicted molar refractivity (Wildman–Crippen MR) is 89.5 cm³/mol.